The molecule has 5 nitrogen and oxygen atoms in total. The fraction of sp³-hybridized carbons (Fsp3) is 0.333. The first-order chi connectivity index (χ1) is 16.2. The van der Waals surface area contributed by atoms with Crippen molar-refractivity contribution in [3.05, 3.63) is 77.1 Å². The average Bonchev–Trinajstić information content (AvgIpc) is 3.42. The molecule has 1 atom stereocenters. The number of imidazole rings is 1. The summed E-state index contributed by atoms with van der Waals surface area (Å²) >= 11 is 0.953. The van der Waals surface area contributed by atoms with Gasteiger partial charge in [0.1, 0.15) is 17.3 Å². The Morgan fingerprint density at radius 3 is 2.50 bits per heavy atom. The van der Waals surface area contributed by atoms with Crippen LogP contribution in [0.25, 0.3) is 5.69 Å². The van der Waals surface area contributed by atoms with Crippen molar-refractivity contribution in [3.63, 3.8) is 0 Å². The summed E-state index contributed by atoms with van der Waals surface area (Å²) in [5, 5.41) is 0.270. The topological polar surface area (TPSA) is 41.4 Å². The van der Waals surface area contributed by atoms with Crippen molar-refractivity contribution in [2.45, 2.75) is 17.3 Å². The lowest BCUT2D eigenvalue weighted by molar-refractivity contribution is 0.0765. The fourth-order valence-electron chi connectivity index (χ4n) is 4.11. The number of hydrogen-bond donors (Lipinski definition) is 0. The molecule has 1 aliphatic heterocycles. The lowest BCUT2D eigenvalue weighted by Crippen LogP contribution is -2.34. The molecule has 34 heavy (non-hydrogen) atoms. The first kappa shape index (κ1) is 24.3. The number of benzene rings is 2. The van der Waals surface area contributed by atoms with Gasteiger partial charge < -0.3 is 9.80 Å². The van der Waals surface area contributed by atoms with Crippen molar-refractivity contribution in [2.75, 3.05) is 33.7 Å². The Morgan fingerprint density at radius 2 is 1.82 bits per heavy atom. The maximum Gasteiger partial charge on any atom is 0.272 e. The van der Waals surface area contributed by atoms with E-state index in [1.165, 1.54) is 35.0 Å². The van der Waals surface area contributed by atoms with Gasteiger partial charge in [-0.3, -0.25) is 9.36 Å². The first-order valence-electron chi connectivity index (χ1n) is 10.8. The van der Waals surface area contributed by atoms with E-state index in [0.717, 1.165) is 43.4 Å². The predicted molar refractivity (Wildman–Crippen MR) is 122 cm³/mol. The van der Waals surface area contributed by atoms with Gasteiger partial charge in [0.2, 0.25) is 0 Å². The molecule has 2 heterocycles. The van der Waals surface area contributed by atoms with Crippen molar-refractivity contribution in [3.8, 4) is 5.69 Å². The maximum atomic E-state index is 14.1. The highest BCUT2D eigenvalue weighted by Gasteiger charge is 2.26. The summed E-state index contributed by atoms with van der Waals surface area (Å²) in [7, 11) is 3.76. The minimum absolute atomic E-state index is 0.239. The molecule has 0 radical (unpaired) electrons. The van der Waals surface area contributed by atoms with Crippen LogP contribution in [0.4, 0.5) is 17.6 Å². The van der Waals surface area contributed by atoms with Crippen LogP contribution >= 0.6 is 11.8 Å². The van der Waals surface area contributed by atoms with Crippen LogP contribution in [0.5, 0.6) is 0 Å². The second-order valence-corrected chi connectivity index (χ2v) is 9.39. The molecule has 2 aromatic carbocycles. The van der Waals surface area contributed by atoms with Gasteiger partial charge >= 0.3 is 0 Å². The Bertz CT molecular complexity index is 1180. The second kappa shape index (κ2) is 10.2. The van der Waals surface area contributed by atoms with Gasteiger partial charge in [-0.25, -0.2) is 22.5 Å². The van der Waals surface area contributed by atoms with E-state index >= 15 is 0 Å². The van der Waals surface area contributed by atoms with Crippen LogP contribution in [0, 0.1) is 29.2 Å². The molecule has 0 saturated carbocycles. The lowest BCUT2D eigenvalue weighted by atomic mass is 10.1. The number of likely N-dealkylation sites (tertiary alicyclic amines) is 1. The molecular weight excluding hydrogens is 468 g/mol. The molecule has 1 saturated heterocycles. The number of aromatic nitrogens is 2. The number of carbonyl (C=O) groups excluding carboxylic acids is 1. The van der Waals surface area contributed by atoms with E-state index in [-0.39, 0.29) is 22.5 Å². The second-order valence-electron chi connectivity index (χ2n) is 8.45. The molecule has 4 rings (SSSR count). The Morgan fingerprint density at radius 1 is 1.12 bits per heavy atom. The van der Waals surface area contributed by atoms with E-state index in [2.05, 4.69) is 9.88 Å². The van der Waals surface area contributed by atoms with Gasteiger partial charge in [-0.1, -0.05) is 11.8 Å². The highest BCUT2D eigenvalue weighted by atomic mass is 32.2. The van der Waals surface area contributed by atoms with Crippen LogP contribution in [-0.2, 0) is 5.75 Å². The highest BCUT2D eigenvalue weighted by Crippen LogP contribution is 2.30. The summed E-state index contributed by atoms with van der Waals surface area (Å²) in [4.78, 5) is 21.5. The first-order valence-corrected chi connectivity index (χ1v) is 11.8. The molecule has 180 valence electrons. The molecule has 1 aliphatic rings. The van der Waals surface area contributed by atoms with Crippen LogP contribution in [0.15, 0.2) is 47.8 Å². The Hall–Kier alpha value is -2.85. The van der Waals surface area contributed by atoms with Crippen molar-refractivity contribution in [1.82, 2.24) is 19.4 Å². The summed E-state index contributed by atoms with van der Waals surface area (Å²) in [5.74, 6) is -3.89. The zero-order valence-electron chi connectivity index (χ0n) is 18.8. The van der Waals surface area contributed by atoms with E-state index in [9.17, 15) is 22.4 Å². The Balaban J connectivity index is 1.63. The van der Waals surface area contributed by atoms with Crippen LogP contribution in [-0.4, -0.2) is 59.0 Å². The quantitative estimate of drug-likeness (QED) is 0.271. The van der Waals surface area contributed by atoms with Crippen molar-refractivity contribution in [2.24, 2.45) is 5.92 Å². The summed E-state index contributed by atoms with van der Waals surface area (Å²) in [6.45, 7) is 2.45. The maximum absolute atomic E-state index is 14.1. The van der Waals surface area contributed by atoms with Crippen LogP contribution in [0.3, 0.4) is 0 Å². The molecule has 1 amide bonds. The van der Waals surface area contributed by atoms with E-state index in [0.29, 0.717) is 18.2 Å². The molecule has 1 fully saturated rings. The van der Waals surface area contributed by atoms with Crippen LogP contribution < -0.4 is 0 Å². The Kier molecular flexibility index (Phi) is 7.27. The molecule has 0 N–H and O–H groups in total. The lowest BCUT2D eigenvalue weighted by Gasteiger charge is -2.22. The molecule has 0 aliphatic carbocycles. The Labute approximate surface area is 199 Å². The summed E-state index contributed by atoms with van der Waals surface area (Å²) in [6, 6.07) is 7.09. The largest absolute Gasteiger partial charge is 0.340 e. The number of thioether (sulfide) groups is 1. The van der Waals surface area contributed by atoms with Crippen molar-refractivity contribution >= 4 is 17.7 Å². The zero-order valence-corrected chi connectivity index (χ0v) is 19.6. The molecule has 0 spiro atoms. The minimum Gasteiger partial charge on any atom is -0.340 e. The van der Waals surface area contributed by atoms with E-state index < -0.39 is 28.8 Å². The van der Waals surface area contributed by atoms with Gasteiger partial charge in [0.15, 0.2) is 16.8 Å². The number of halogens is 4. The van der Waals surface area contributed by atoms with Gasteiger partial charge in [0.25, 0.3) is 5.91 Å². The molecule has 1 aromatic heterocycles. The number of carbonyl (C=O) groups is 1. The number of amides is 1. The molecule has 0 bridgehead atoms. The van der Waals surface area contributed by atoms with Crippen molar-refractivity contribution < 1.29 is 22.4 Å². The SMILES string of the molecule is CN1CCC(CN(C)C(=O)c2cnc(SCc3c(F)ccc(F)c3F)n2-c2ccc(F)cc2)C1. The van der Waals surface area contributed by atoms with E-state index in [1.54, 1.807) is 11.9 Å². The predicted octanol–water partition coefficient (Wildman–Crippen LogP) is 4.74. The summed E-state index contributed by atoms with van der Waals surface area (Å²) in [5.41, 5.74) is 0.288. The average molecular weight is 493 g/mol. The number of hydrogen-bond acceptors (Lipinski definition) is 4. The zero-order chi connectivity index (χ0) is 24.4. The third-order valence-electron chi connectivity index (χ3n) is 5.89. The van der Waals surface area contributed by atoms with Crippen LogP contribution in [0.2, 0.25) is 0 Å². The molecule has 10 heteroatoms. The van der Waals surface area contributed by atoms with Crippen molar-refractivity contribution in [1.29, 1.82) is 0 Å². The highest BCUT2D eigenvalue weighted by molar-refractivity contribution is 7.98. The number of rotatable bonds is 7. The third-order valence-corrected chi connectivity index (χ3v) is 6.86. The fourth-order valence-corrected chi connectivity index (χ4v) is 5.10. The third kappa shape index (κ3) is 5.12. The molecule has 3 aromatic rings. The minimum atomic E-state index is -1.26. The van der Waals surface area contributed by atoms with E-state index in [1.807, 2.05) is 7.05 Å². The van der Waals surface area contributed by atoms with Crippen LogP contribution in [0.1, 0.15) is 22.5 Å². The summed E-state index contributed by atoms with van der Waals surface area (Å²) < 4.78 is 56.9. The van der Waals surface area contributed by atoms with Gasteiger partial charge in [0.05, 0.1) is 6.20 Å². The standard InChI is InChI=1S/C24H24F4N4OS/c1-30-10-9-15(12-30)13-31(2)23(33)21-11-29-24(32(21)17-5-3-16(25)4-6-17)34-14-18-19(26)7-8-20(27)22(18)28/h3-8,11,15H,9-10,12-14H2,1-2H3. The van der Waals surface area contributed by atoms with E-state index in [4.69, 9.17) is 0 Å². The van der Waals surface area contributed by atoms with Gasteiger partial charge in [-0.15, -0.1) is 0 Å². The van der Waals surface area contributed by atoms with Gasteiger partial charge in [-0.05, 0) is 62.3 Å². The van der Waals surface area contributed by atoms with Gasteiger partial charge in [0, 0.05) is 37.1 Å². The van der Waals surface area contributed by atoms with Gasteiger partial charge in [-0.2, -0.15) is 0 Å². The normalized spacial score (nSPS) is 16.2. The summed E-state index contributed by atoms with van der Waals surface area (Å²) in [6.07, 6.45) is 2.39. The number of nitrogens with zero attached hydrogens (tertiary/aromatic N) is 4. The molecule has 1 unspecified atom stereocenters. The molecular formula is C24H24F4N4OS. The monoisotopic (exact) mass is 492 g/mol. The smallest absolute Gasteiger partial charge is 0.272 e.